The van der Waals surface area contributed by atoms with Crippen LogP contribution in [0.1, 0.15) is 40.0 Å². The lowest BCUT2D eigenvalue weighted by Gasteiger charge is -2.09. The SMILES string of the molecule is CCOCCC(C)CCC=C(C)C=O. The van der Waals surface area contributed by atoms with Gasteiger partial charge in [-0.3, -0.25) is 4.79 Å². The van der Waals surface area contributed by atoms with Crippen LogP contribution in [-0.2, 0) is 9.53 Å². The van der Waals surface area contributed by atoms with Crippen molar-refractivity contribution < 1.29 is 9.53 Å². The van der Waals surface area contributed by atoms with Gasteiger partial charge in [0.2, 0.25) is 0 Å². The van der Waals surface area contributed by atoms with E-state index in [4.69, 9.17) is 4.74 Å². The molecule has 14 heavy (non-hydrogen) atoms. The van der Waals surface area contributed by atoms with Gasteiger partial charge >= 0.3 is 0 Å². The van der Waals surface area contributed by atoms with Crippen molar-refractivity contribution in [1.29, 1.82) is 0 Å². The summed E-state index contributed by atoms with van der Waals surface area (Å²) in [6.07, 6.45) is 6.16. The first kappa shape index (κ1) is 13.4. The van der Waals surface area contributed by atoms with Gasteiger partial charge in [-0.15, -0.1) is 0 Å². The Morgan fingerprint density at radius 1 is 1.43 bits per heavy atom. The van der Waals surface area contributed by atoms with Crippen LogP contribution in [-0.4, -0.2) is 19.5 Å². The third-order valence-electron chi connectivity index (χ3n) is 2.27. The minimum atomic E-state index is 0.678. The first-order valence-corrected chi connectivity index (χ1v) is 5.40. The molecule has 82 valence electrons. The van der Waals surface area contributed by atoms with Gasteiger partial charge in [0.25, 0.3) is 0 Å². The van der Waals surface area contributed by atoms with E-state index >= 15 is 0 Å². The van der Waals surface area contributed by atoms with Crippen LogP contribution in [0.15, 0.2) is 11.6 Å². The average molecular weight is 198 g/mol. The third kappa shape index (κ3) is 7.99. The van der Waals surface area contributed by atoms with Gasteiger partial charge in [-0.25, -0.2) is 0 Å². The molecule has 0 fully saturated rings. The van der Waals surface area contributed by atoms with E-state index in [-0.39, 0.29) is 0 Å². The first-order chi connectivity index (χ1) is 6.70. The maximum absolute atomic E-state index is 10.3. The number of carbonyl (C=O) groups is 1. The van der Waals surface area contributed by atoms with Crippen LogP contribution in [0.25, 0.3) is 0 Å². The average Bonchev–Trinajstić information content (AvgIpc) is 2.18. The molecule has 0 amide bonds. The van der Waals surface area contributed by atoms with E-state index in [2.05, 4.69) is 6.92 Å². The number of hydrogen-bond acceptors (Lipinski definition) is 2. The fourth-order valence-electron chi connectivity index (χ4n) is 1.22. The summed E-state index contributed by atoms with van der Waals surface area (Å²) in [6.45, 7) is 7.74. The lowest BCUT2D eigenvalue weighted by atomic mass is 10.0. The highest BCUT2D eigenvalue weighted by atomic mass is 16.5. The smallest absolute Gasteiger partial charge is 0.145 e. The van der Waals surface area contributed by atoms with Gasteiger partial charge in [0.15, 0.2) is 0 Å². The number of hydrogen-bond donors (Lipinski definition) is 0. The van der Waals surface area contributed by atoms with E-state index in [1.165, 1.54) is 0 Å². The molecule has 0 aliphatic heterocycles. The van der Waals surface area contributed by atoms with Gasteiger partial charge in [0.05, 0.1) is 0 Å². The van der Waals surface area contributed by atoms with Gasteiger partial charge in [-0.1, -0.05) is 13.0 Å². The highest BCUT2D eigenvalue weighted by molar-refractivity contribution is 5.71. The van der Waals surface area contributed by atoms with Gasteiger partial charge in [0.1, 0.15) is 6.29 Å². The predicted molar refractivity (Wildman–Crippen MR) is 59.3 cm³/mol. The van der Waals surface area contributed by atoms with Gasteiger partial charge in [-0.05, 0) is 44.6 Å². The zero-order chi connectivity index (χ0) is 10.8. The Bertz CT molecular complexity index is 173. The van der Waals surface area contributed by atoms with Crippen molar-refractivity contribution in [2.45, 2.75) is 40.0 Å². The summed E-state index contributed by atoms with van der Waals surface area (Å²) in [5.74, 6) is 0.678. The molecule has 0 radical (unpaired) electrons. The van der Waals surface area contributed by atoms with Crippen LogP contribution in [0.5, 0.6) is 0 Å². The highest BCUT2D eigenvalue weighted by Crippen LogP contribution is 2.11. The second-order valence-electron chi connectivity index (χ2n) is 3.73. The topological polar surface area (TPSA) is 26.3 Å². The van der Waals surface area contributed by atoms with Gasteiger partial charge in [-0.2, -0.15) is 0 Å². The number of allylic oxidation sites excluding steroid dienone is 2. The molecule has 0 aromatic heterocycles. The van der Waals surface area contributed by atoms with Crippen molar-refractivity contribution >= 4 is 6.29 Å². The second-order valence-corrected chi connectivity index (χ2v) is 3.73. The Labute approximate surface area is 87.3 Å². The fraction of sp³-hybridized carbons (Fsp3) is 0.750. The van der Waals surface area contributed by atoms with Crippen molar-refractivity contribution in [3.05, 3.63) is 11.6 Å². The maximum atomic E-state index is 10.3. The standard InChI is InChI=1S/C12H22O2/c1-4-14-9-8-11(2)6-5-7-12(3)10-13/h7,10-11H,4-6,8-9H2,1-3H3. The van der Waals surface area contributed by atoms with Gasteiger partial charge in [0, 0.05) is 13.2 Å². The summed E-state index contributed by atoms with van der Waals surface area (Å²) >= 11 is 0. The van der Waals surface area contributed by atoms with Crippen molar-refractivity contribution in [2.24, 2.45) is 5.92 Å². The second kappa shape index (κ2) is 8.95. The number of ether oxygens (including phenoxy) is 1. The lowest BCUT2D eigenvalue weighted by Crippen LogP contribution is -2.01. The van der Waals surface area contributed by atoms with Crippen LogP contribution in [0.2, 0.25) is 0 Å². The molecule has 0 saturated heterocycles. The van der Waals surface area contributed by atoms with E-state index in [0.29, 0.717) is 5.92 Å². The summed E-state index contributed by atoms with van der Waals surface area (Å²) in [7, 11) is 0. The van der Waals surface area contributed by atoms with Crippen LogP contribution in [0, 0.1) is 5.92 Å². The van der Waals surface area contributed by atoms with E-state index < -0.39 is 0 Å². The molecule has 0 rings (SSSR count). The summed E-state index contributed by atoms with van der Waals surface area (Å²) in [5, 5.41) is 0. The van der Waals surface area contributed by atoms with Crippen LogP contribution >= 0.6 is 0 Å². The summed E-state index contributed by atoms with van der Waals surface area (Å²) in [4.78, 5) is 10.3. The molecule has 0 spiro atoms. The summed E-state index contributed by atoms with van der Waals surface area (Å²) in [6, 6.07) is 0. The molecule has 0 aromatic carbocycles. The van der Waals surface area contributed by atoms with Crippen molar-refractivity contribution in [3.63, 3.8) is 0 Å². The maximum Gasteiger partial charge on any atom is 0.145 e. The molecular formula is C12H22O2. The monoisotopic (exact) mass is 198 g/mol. The molecule has 0 saturated carbocycles. The zero-order valence-electron chi connectivity index (χ0n) is 9.58. The number of aldehydes is 1. The molecule has 0 aliphatic carbocycles. The molecule has 2 heteroatoms. The zero-order valence-corrected chi connectivity index (χ0v) is 9.58. The molecule has 2 nitrogen and oxygen atoms in total. The van der Waals surface area contributed by atoms with E-state index in [9.17, 15) is 4.79 Å². The molecule has 0 bridgehead atoms. The van der Waals surface area contributed by atoms with Crippen LogP contribution < -0.4 is 0 Å². The third-order valence-corrected chi connectivity index (χ3v) is 2.27. The first-order valence-electron chi connectivity index (χ1n) is 5.40. The molecule has 0 N–H and O–H groups in total. The van der Waals surface area contributed by atoms with Crippen molar-refractivity contribution in [1.82, 2.24) is 0 Å². The largest absolute Gasteiger partial charge is 0.382 e. The van der Waals surface area contributed by atoms with Gasteiger partial charge < -0.3 is 4.74 Å². The molecule has 0 aliphatic rings. The minimum Gasteiger partial charge on any atom is -0.382 e. The molecule has 1 atom stereocenters. The highest BCUT2D eigenvalue weighted by Gasteiger charge is 2.00. The number of carbonyl (C=O) groups excluding carboxylic acids is 1. The van der Waals surface area contributed by atoms with Crippen LogP contribution in [0.3, 0.4) is 0 Å². The van der Waals surface area contributed by atoms with Crippen LogP contribution in [0.4, 0.5) is 0 Å². The Morgan fingerprint density at radius 3 is 2.71 bits per heavy atom. The normalized spacial score (nSPS) is 14.1. The quantitative estimate of drug-likeness (QED) is 0.340. The van der Waals surface area contributed by atoms with E-state index in [1.807, 2.05) is 19.9 Å². The predicted octanol–water partition coefficient (Wildman–Crippen LogP) is 2.97. The van der Waals surface area contributed by atoms with E-state index in [1.54, 1.807) is 0 Å². The molecule has 1 unspecified atom stereocenters. The minimum absolute atomic E-state index is 0.678. The summed E-state index contributed by atoms with van der Waals surface area (Å²) < 4.78 is 5.28. The number of rotatable bonds is 8. The fourth-order valence-corrected chi connectivity index (χ4v) is 1.22. The Morgan fingerprint density at radius 2 is 2.14 bits per heavy atom. The Kier molecular flexibility index (Phi) is 8.54. The van der Waals surface area contributed by atoms with Crippen molar-refractivity contribution in [3.8, 4) is 0 Å². The Hall–Kier alpha value is -0.630. The molecule has 0 aromatic rings. The molecule has 0 heterocycles. The van der Waals surface area contributed by atoms with E-state index in [0.717, 1.165) is 44.3 Å². The van der Waals surface area contributed by atoms with Crippen molar-refractivity contribution in [2.75, 3.05) is 13.2 Å². The lowest BCUT2D eigenvalue weighted by molar-refractivity contribution is -0.104. The Balaban J connectivity index is 3.43. The molecular weight excluding hydrogens is 176 g/mol. The summed E-state index contributed by atoms with van der Waals surface area (Å²) in [5.41, 5.74) is 0.835.